The highest BCUT2D eigenvalue weighted by Crippen LogP contribution is 2.25. The van der Waals surface area contributed by atoms with Crippen molar-refractivity contribution in [2.24, 2.45) is 5.92 Å². The van der Waals surface area contributed by atoms with E-state index in [0.717, 1.165) is 12.0 Å². The lowest BCUT2D eigenvalue weighted by Gasteiger charge is -2.07. The van der Waals surface area contributed by atoms with Crippen molar-refractivity contribution in [2.75, 3.05) is 0 Å². The number of benzene rings is 1. The van der Waals surface area contributed by atoms with Gasteiger partial charge in [0.2, 0.25) is 0 Å². The molecule has 19 heavy (non-hydrogen) atoms. The lowest BCUT2D eigenvalue weighted by Crippen LogP contribution is -1.96. The number of hydrogen-bond acceptors (Lipinski definition) is 2. The smallest absolute Gasteiger partial charge is 0.162 e. The topological polar surface area (TPSA) is 25.8 Å². The Kier molecular flexibility index (Phi) is 4.43. The van der Waals surface area contributed by atoms with Crippen molar-refractivity contribution in [3.05, 3.63) is 45.7 Å². The summed E-state index contributed by atoms with van der Waals surface area (Å²) in [5.41, 5.74) is 2.95. The number of nitrogens with zero attached hydrogens (tertiary/aromatic N) is 2. The molecule has 100 valence electrons. The third-order valence-electron chi connectivity index (χ3n) is 2.88. The van der Waals surface area contributed by atoms with Crippen LogP contribution in [0, 0.1) is 12.8 Å². The van der Waals surface area contributed by atoms with Gasteiger partial charge < -0.3 is 0 Å². The van der Waals surface area contributed by atoms with E-state index < -0.39 is 0 Å². The maximum absolute atomic E-state index is 6.03. The van der Waals surface area contributed by atoms with Crippen molar-refractivity contribution in [1.29, 1.82) is 0 Å². The van der Waals surface area contributed by atoms with Crippen LogP contribution in [0.25, 0.3) is 11.4 Å². The molecule has 0 unspecified atom stereocenters. The highest BCUT2D eigenvalue weighted by Gasteiger charge is 2.09. The van der Waals surface area contributed by atoms with Gasteiger partial charge in [-0.05, 0) is 24.8 Å². The molecular weight excluding hydrogens is 279 g/mol. The van der Waals surface area contributed by atoms with Gasteiger partial charge in [-0.3, -0.25) is 0 Å². The second-order valence-electron chi connectivity index (χ2n) is 5.05. The fourth-order valence-electron chi connectivity index (χ4n) is 1.85. The quantitative estimate of drug-likeness (QED) is 0.748. The molecule has 1 aromatic heterocycles. The normalized spacial score (nSPS) is 11.1. The van der Waals surface area contributed by atoms with Gasteiger partial charge in [0.15, 0.2) is 5.82 Å². The summed E-state index contributed by atoms with van der Waals surface area (Å²) in [7, 11) is 0. The van der Waals surface area contributed by atoms with E-state index in [1.807, 2.05) is 12.1 Å². The van der Waals surface area contributed by atoms with Crippen LogP contribution in [0.5, 0.6) is 0 Å². The molecule has 0 atom stereocenters. The molecule has 0 fully saturated rings. The largest absolute Gasteiger partial charge is 0.216 e. The Morgan fingerprint density at radius 3 is 2.00 bits per heavy atom. The highest BCUT2D eigenvalue weighted by molar-refractivity contribution is 6.34. The molecule has 2 aromatic rings. The van der Waals surface area contributed by atoms with E-state index in [9.17, 15) is 0 Å². The van der Waals surface area contributed by atoms with Gasteiger partial charge in [-0.15, -0.1) is 0 Å². The lowest BCUT2D eigenvalue weighted by atomic mass is 10.0. The van der Waals surface area contributed by atoms with E-state index in [4.69, 9.17) is 23.2 Å². The first kappa shape index (κ1) is 14.3. The Balaban J connectivity index is 2.32. The van der Waals surface area contributed by atoms with E-state index in [0.29, 0.717) is 27.6 Å². The molecule has 0 saturated carbocycles. The Hall–Kier alpha value is -1.12. The van der Waals surface area contributed by atoms with Gasteiger partial charge >= 0.3 is 0 Å². The van der Waals surface area contributed by atoms with E-state index in [-0.39, 0.29) is 0 Å². The second kappa shape index (κ2) is 5.89. The van der Waals surface area contributed by atoms with Gasteiger partial charge in [-0.2, -0.15) is 0 Å². The molecule has 4 heteroatoms. The Bertz CT molecular complexity index is 554. The van der Waals surface area contributed by atoms with Crippen molar-refractivity contribution in [3.63, 3.8) is 0 Å². The van der Waals surface area contributed by atoms with Gasteiger partial charge in [0.05, 0.1) is 0 Å². The van der Waals surface area contributed by atoms with Crippen molar-refractivity contribution in [2.45, 2.75) is 27.2 Å². The average Bonchev–Trinajstić information content (AvgIpc) is 2.35. The summed E-state index contributed by atoms with van der Waals surface area (Å²) < 4.78 is 0. The Labute approximate surface area is 123 Å². The molecule has 0 amide bonds. The number of aromatic nitrogens is 2. The third-order valence-corrected chi connectivity index (χ3v) is 3.62. The van der Waals surface area contributed by atoms with Crippen LogP contribution in [0.1, 0.15) is 25.0 Å². The fraction of sp³-hybridized carbons (Fsp3) is 0.333. The number of rotatable bonds is 3. The first-order chi connectivity index (χ1) is 8.97. The van der Waals surface area contributed by atoms with E-state index in [1.54, 1.807) is 6.92 Å². The average molecular weight is 295 g/mol. The minimum atomic E-state index is 0.404. The zero-order chi connectivity index (χ0) is 14.0. The molecule has 0 bridgehead atoms. The van der Waals surface area contributed by atoms with Crippen LogP contribution in [-0.2, 0) is 6.42 Å². The molecule has 0 N–H and O–H groups in total. The molecule has 2 nitrogen and oxygen atoms in total. The van der Waals surface area contributed by atoms with E-state index in [1.165, 1.54) is 5.56 Å². The molecule has 0 aliphatic heterocycles. The summed E-state index contributed by atoms with van der Waals surface area (Å²) in [6, 6.07) is 8.21. The predicted octanol–water partition coefficient (Wildman–Crippen LogP) is 4.96. The molecule has 1 heterocycles. The van der Waals surface area contributed by atoms with Gasteiger partial charge in [0.1, 0.15) is 10.3 Å². The first-order valence-electron chi connectivity index (χ1n) is 6.26. The molecule has 0 radical (unpaired) electrons. The van der Waals surface area contributed by atoms with Crippen LogP contribution in [0.15, 0.2) is 24.3 Å². The van der Waals surface area contributed by atoms with Crippen molar-refractivity contribution < 1.29 is 0 Å². The number of hydrogen-bond donors (Lipinski definition) is 0. The summed E-state index contributed by atoms with van der Waals surface area (Å²) >= 11 is 12.1. The van der Waals surface area contributed by atoms with Gasteiger partial charge in [-0.25, -0.2) is 9.97 Å². The third kappa shape index (κ3) is 3.46. The fourth-order valence-corrected chi connectivity index (χ4v) is 2.24. The Morgan fingerprint density at radius 1 is 1.00 bits per heavy atom. The standard InChI is InChI=1S/C15H16Cl2N2/c1-9(2)8-11-4-6-12(7-5-11)15-18-13(16)10(3)14(17)19-15/h4-7,9H,8H2,1-3H3. The molecule has 0 aliphatic carbocycles. The van der Waals surface area contributed by atoms with Crippen LogP contribution in [0.4, 0.5) is 0 Å². The second-order valence-corrected chi connectivity index (χ2v) is 5.76. The molecule has 1 aromatic carbocycles. The van der Waals surface area contributed by atoms with Gasteiger partial charge in [0.25, 0.3) is 0 Å². The summed E-state index contributed by atoms with van der Waals surface area (Å²) in [4.78, 5) is 8.53. The summed E-state index contributed by atoms with van der Waals surface area (Å²) in [5.74, 6) is 1.21. The highest BCUT2D eigenvalue weighted by atomic mass is 35.5. The minimum Gasteiger partial charge on any atom is -0.216 e. The zero-order valence-corrected chi connectivity index (χ0v) is 12.8. The molecule has 0 aliphatic rings. The Morgan fingerprint density at radius 2 is 1.53 bits per heavy atom. The molecule has 0 spiro atoms. The van der Waals surface area contributed by atoms with Crippen LogP contribution in [-0.4, -0.2) is 9.97 Å². The van der Waals surface area contributed by atoms with Crippen molar-refractivity contribution in [3.8, 4) is 11.4 Å². The van der Waals surface area contributed by atoms with Crippen molar-refractivity contribution in [1.82, 2.24) is 9.97 Å². The van der Waals surface area contributed by atoms with Gasteiger partial charge in [-0.1, -0.05) is 61.3 Å². The molecule has 2 rings (SSSR count). The van der Waals surface area contributed by atoms with Crippen LogP contribution in [0.2, 0.25) is 10.3 Å². The lowest BCUT2D eigenvalue weighted by molar-refractivity contribution is 0.647. The van der Waals surface area contributed by atoms with E-state index in [2.05, 4.69) is 35.9 Å². The maximum Gasteiger partial charge on any atom is 0.162 e. The van der Waals surface area contributed by atoms with E-state index >= 15 is 0 Å². The summed E-state index contributed by atoms with van der Waals surface area (Å²) in [6.07, 6.45) is 1.07. The van der Waals surface area contributed by atoms with Gasteiger partial charge in [0, 0.05) is 11.1 Å². The monoisotopic (exact) mass is 294 g/mol. The minimum absolute atomic E-state index is 0.404. The van der Waals surface area contributed by atoms with Crippen LogP contribution < -0.4 is 0 Å². The SMILES string of the molecule is Cc1c(Cl)nc(-c2ccc(CC(C)C)cc2)nc1Cl. The molecular formula is C15H16Cl2N2. The maximum atomic E-state index is 6.03. The zero-order valence-electron chi connectivity index (χ0n) is 11.2. The molecule has 0 saturated heterocycles. The van der Waals surface area contributed by atoms with Crippen LogP contribution in [0.3, 0.4) is 0 Å². The summed E-state index contributed by atoms with van der Waals surface area (Å²) in [6.45, 7) is 6.22. The number of halogens is 2. The first-order valence-corrected chi connectivity index (χ1v) is 7.02. The predicted molar refractivity (Wildman–Crippen MR) is 80.8 cm³/mol. The van der Waals surface area contributed by atoms with Crippen LogP contribution >= 0.6 is 23.2 Å². The van der Waals surface area contributed by atoms with Crippen molar-refractivity contribution >= 4 is 23.2 Å². The summed E-state index contributed by atoms with van der Waals surface area (Å²) in [5, 5.41) is 0.808.